The van der Waals surface area contributed by atoms with Crippen molar-refractivity contribution in [3.63, 3.8) is 0 Å². The Morgan fingerprint density at radius 2 is 2.38 bits per heavy atom. The minimum absolute atomic E-state index is 0.574. The van der Waals surface area contributed by atoms with Gasteiger partial charge in [0.05, 0.1) is 19.8 Å². The van der Waals surface area contributed by atoms with Crippen molar-refractivity contribution in [1.29, 1.82) is 0 Å². The van der Waals surface area contributed by atoms with Crippen molar-refractivity contribution in [1.82, 2.24) is 25.1 Å². The lowest BCUT2D eigenvalue weighted by atomic mass is 9.92. The maximum absolute atomic E-state index is 5.57. The van der Waals surface area contributed by atoms with Crippen LogP contribution in [0.15, 0.2) is 0 Å². The van der Waals surface area contributed by atoms with Crippen molar-refractivity contribution in [3.8, 4) is 0 Å². The van der Waals surface area contributed by atoms with Gasteiger partial charge >= 0.3 is 0 Å². The molecule has 0 amide bonds. The van der Waals surface area contributed by atoms with Gasteiger partial charge in [0.1, 0.15) is 0 Å². The summed E-state index contributed by atoms with van der Waals surface area (Å²) in [7, 11) is 1.89. The van der Waals surface area contributed by atoms with Crippen molar-refractivity contribution >= 4 is 0 Å². The van der Waals surface area contributed by atoms with E-state index in [0.717, 1.165) is 38.0 Å². The number of hydrogen-bond acceptors (Lipinski definition) is 5. The molecule has 1 aromatic rings. The number of nitrogens with zero attached hydrogens (tertiary/aromatic N) is 5. The second kappa shape index (κ2) is 4.10. The van der Waals surface area contributed by atoms with Gasteiger partial charge < -0.3 is 4.74 Å². The van der Waals surface area contributed by atoms with Crippen LogP contribution in [0.1, 0.15) is 18.7 Å². The monoisotopic (exact) mass is 223 g/mol. The summed E-state index contributed by atoms with van der Waals surface area (Å²) in [6.45, 7) is 3.78. The van der Waals surface area contributed by atoms with Crippen LogP contribution in [0.3, 0.4) is 0 Å². The van der Waals surface area contributed by atoms with Crippen LogP contribution in [0.4, 0.5) is 0 Å². The predicted molar refractivity (Wildman–Crippen MR) is 56.5 cm³/mol. The summed E-state index contributed by atoms with van der Waals surface area (Å²) >= 11 is 0. The molecule has 2 aliphatic rings. The molecule has 3 heterocycles. The number of likely N-dealkylation sites (tertiary alicyclic amines) is 1. The number of tetrazole rings is 1. The van der Waals surface area contributed by atoms with Crippen LogP contribution in [0, 0.1) is 5.92 Å². The first-order valence-corrected chi connectivity index (χ1v) is 5.87. The van der Waals surface area contributed by atoms with E-state index in [0.29, 0.717) is 6.04 Å². The summed E-state index contributed by atoms with van der Waals surface area (Å²) < 4.78 is 7.32. The molecule has 6 heteroatoms. The van der Waals surface area contributed by atoms with Gasteiger partial charge in [-0.25, -0.2) is 4.68 Å². The molecule has 0 saturated carbocycles. The molecule has 6 nitrogen and oxygen atoms in total. The van der Waals surface area contributed by atoms with Crippen LogP contribution in [-0.2, 0) is 18.3 Å². The molecule has 0 unspecified atom stereocenters. The van der Waals surface area contributed by atoms with Crippen LogP contribution in [-0.4, -0.2) is 50.9 Å². The normalized spacial score (nSPS) is 30.6. The van der Waals surface area contributed by atoms with Crippen molar-refractivity contribution in [3.05, 3.63) is 5.82 Å². The van der Waals surface area contributed by atoms with Crippen molar-refractivity contribution < 1.29 is 4.74 Å². The van der Waals surface area contributed by atoms with Crippen LogP contribution >= 0.6 is 0 Å². The zero-order chi connectivity index (χ0) is 11.0. The van der Waals surface area contributed by atoms with Gasteiger partial charge in [-0.2, -0.15) is 0 Å². The molecule has 88 valence electrons. The molecular weight excluding hydrogens is 206 g/mol. The van der Waals surface area contributed by atoms with Crippen LogP contribution < -0.4 is 0 Å². The Hall–Kier alpha value is -1.01. The van der Waals surface area contributed by atoms with E-state index in [2.05, 4.69) is 20.4 Å². The Labute approximate surface area is 94.6 Å². The fourth-order valence-electron chi connectivity index (χ4n) is 2.75. The molecule has 1 aromatic heterocycles. The van der Waals surface area contributed by atoms with E-state index >= 15 is 0 Å². The first-order valence-electron chi connectivity index (χ1n) is 5.87. The summed E-state index contributed by atoms with van der Waals surface area (Å²) in [5.74, 6) is 1.66. The summed E-state index contributed by atoms with van der Waals surface area (Å²) in [6, 6.07) is 0.574. The summed E-state index contributed by atoms with van der Waals surface area (Å²) in [5.41, 5.74) is 0. The average Bonchev–Trinajstić information content (AvgIpc) is 2.89. The summed E-state index contributed by atoms with van der Waals surface area (Å²) in [5, 5.41) is 11.6. The van der Waals surface area contributed by atoms with Crippen LogP contribution in [0.5, 0.6) is 0 Å². The van der Waals surface area contributed by atoms with Crippen LogP contribution in [0.25, 0.3) is 0 Å². The maximum Gasteiger partial charge on any atom is 0.164 e. The fourth-order valence-corrected chi connectivity index (χ4v) is 2.75. The number of fused-ring (bicyclic) bond motifs is 1. The summed E-state index contributed by atoms with van der Waals surface area (Å²) in [6.07, 6.45) is 2.56. The molecule has 2 fully saturated rings. The summed E-state index contributed by atoms with van der Waals surface area (Å²) in [4.78, 5) is 2.47. The number of ether oxygens (including phenoxy) is 1. The number of aryl methyl sites for hydroxylation is 1. The number of hydrogen-bond donors (Lipinski definition) is 0. The smallest absolute Gasteiger partial charge is 0.164 e. The van der Waals surface area contributed by atoms with Gasteiger partial charge in [-0.05, 0) is 29.8 Å². The topological polar surface area (TPSA) is 56.1 Å². The van der Waals surface area contributed by atoms with E-state index < -0.39 is 0 Å². The fraction of sp³-hybridized carbons (Fsp3) is 0.900. The molecular formula is C10H17N5O. The van der Waals surface area contributed by atoms with Gasteiger partial charge in [0, 0.05) is 19.0 Å². The molecule has 0 aliphatic carbocycles. The zero-order valence-corrected chi connectivity index (χ0v) is 9.54. The Balaban J connectivity index is 1.72. The molecule has 0 spiro atoms. The second-order valence-electron chi connectivity index (χ2n) is 4.70. The standard InChI is InChI=1S/C10H17N5O/c1-14-10(11-12-13-14)5-15-4-2-3-8-6-16-7-9(8)15/h8-9H,2-7H2,1H3/t8-,9+/m0/s1. The highest BCUT2D eigenvalue weighted by molar-refractivity contribution is 4.91. The van der Waals surface area contributed by atoms with Gasteiger partial charge in [-0.1, -0.05) is 0 Å². The molecule has 2 atom stereocenters. The third-order valence-corrected chi connectivity index (χ3v) is 3.71. The molecule has 2 saturated heterocycles. The van der Waals surface area contributed by atoms with E-state index in [4.69, 9.17) is 4.74 Å². The Morgan fingerprint density at radius 1 is 1.44 bits per heavy atom. The molecule has 3 rings (SSSR count). The van der Waals surface area contributed by atoms with E-state index in [-0.39, 0.29) is 0 Å². The van der Waals surface area contributed by atoms with E-state index in [1.54, 1.807) is 4.68 Å². The Kier molecular flexibility index (Phi) is 2.61. The molecule has 0 radical (unpaired) electrons. The van der Waals surface area contributed by atoms with Gasteiger partial charge in [0.15, 0.2) is 5.82 Å². The van der Waals surface area contributed by atoms with E-state index in [9.17, 15) is 0 Å². The van der Waals surface area contributed by atoms with E-state index in [1.807, 2.05) is 7.05 Å². The van der Waals surface area contributed by atoms with Crippen molar-refractivity contribution in [2.45, 2.75) is 25.4 Å². The largest absolute Gasteiger partial charge is 0.379 e. The van der Waals surface area contributed by atoms with Gasteiger partial charge in [0.25, 0.3) is 0 Å². The lowest BCUT2D eigenvalue weighted by Gasteiger charge is -2.35. The molecule has 0 bridgehead atoms. The van der Waals surface area contributed by atoms with Crippen molar-refractivity contribution in [2.75, 3.05) is 19.8 Å². The number of rotatable bonds is 2. The highest BCUT2D eigenvalue weighted by Crippen LogP contribution is 2.29. The first-order chi connectivity index (χ1) is 7.84. The Morgan fingerprint density at radius 3 is 3.19 bits per heavy atom. The highest BCUT2D eigenvalue weighted by Gasteiger charge is 2.36. The van der Waals surface area contributed by atoms with Gasteiger partial charge in [-0.3, -0.25) is 4.90 Å². The highest BCUT2D eigenvalue weighted by atomic mass is 16.5. The third kappa shape index (κ3) is 1.72. The number of aromatic nitrogens is 4. The third-order valence-electron chi connectivity index (χ3n) is 3.71. The SMILES string of the molecule is Cn1nnnc1CN1CCC[C@H]2COC[C@H]21. The van der Waals surface area contributed by atoms with Crippen LogP contribution in [0.2, 0.25) is 0 Å². The van der Waals surface area contributed by atoms with Gasteiger partial charge in [-0.15, -0.1) is 5.10 Å². The van der Waals surface area contributed by atoms with Gasteiger partial charge in [0.2, 0.25) is 0 Å². The maximum atomic E-state index is 5.57. The molecule has 0 N–H and O–H groups in total. The second-order valence-corrected chi connectivity index (χ2v) is 4.70. The Bertz CT molecular complexity index is 366. The minimum Gasteiger partial charge on any atom is -0.379 e. The molecule has 2 aliphatic heterocycles. The quantitative estimate of drug-likeness (QED) is 0.696. The zero-order valence-electron chi connectivity index (χ0n) is 9.54. The van der Waals surface area contributed by atoms with E-state index in [1.165, 1.54) is 12.8 Å². The van der Waals surface area contributed by atoms with Crippen molar-refractivity contribution in [2.24, 2.45) is 13.0 Å². The number of piperidine rings is 1. The predicted octanol–water partition coefficient (Wildman–Crippen LogP) is -0.179. The lowest BCUT2D eigenvalue weighted by molar-refractivity contribution is 0.105. The minimum atomic E-state index is 0.574. The molecule has 0 aromatic carbocycles. The molecule has 16 heavy (non-hydrogen) atoms. The average molecular weight is 223 g/mol. The lowest BCUT2D eigenvalue weighted by Crippen LogP contribution is -2.44. The first kappa shape index (κ1) is 10.2.